The predicted molar refractivity (Wildman–Crippen MR) is 57.4 cm³/mol. The van der Waals surface area contributed by atoms with Crippen molar-refractivity contribution in [3.8, 4) is 0 Å². The summed E-state index contributed by atoms with van der Waals surface area (Å²) in [6, 6.07) is 0. The Kier molecular flexibility index (Phi) is 2.08. The molecule has 2 aromatic rings. The van der Waals surface area contributed by atoms with Gasteiger partial charge in [0.1, 0.15) is 6.33 Å². The van der Waals surface area contributed by atoms with E-state index in [9.17, 15) is 9.90 Å². The van der Waals surface area contributed by atoms with Crippen LogP contribution in [0.1, 0.15) is 16.1 Å². The molecule has 1 saturated heterocycles. The second kappa shape index (κ2) is 3.49. The standard InChI is InChI=1S/C10H11N5O2/c1-6-8(9(17)14-3-7(16)4-14)2-11-10-12-5-13-15(6)10/h2,5,7,16H,3-4H2,1H3. The minimum absolute atomic E-state index is 0.127. The number of likely N-dealkylation sites (tertiary alicyclic amines) is 1. The van der Waals surface area contributed by atoms with Crippen molar-refractivity contribution in [3.63, 3.8) is 0 Å². The number of nitrogens with zero attached hydrogens (tertiary/aromatic N) is 5. The number of β-amino-alcohol motifs (C(OH)–C–C–N with tert-alkyl or cyclic N) is 1. The van der Waals surface area contributed by atoms with Crippen molar-refractivity contribution in [1.29, 1.82) is 0 Å². The first-order chi connectivity index (χ1) is 8.16. The Morgan fingerprint density at radius 1 is 1.47 bits per heavy atom. The average Bonchev–Trinajstić information content (AvgIpc) is 2.73. The number of rotatable bonds is 1. The number of amides is 1. The van der Waals surface area contributed by atoms with Gasteiger partial charge in [0.25, 0.3) is 11.7 Å². The summed E-state index contributed by atoms with van der Waals surface area (Å²) in [5.74, 6) is 0.348. The van der Waals surface area contributed by atoms with Gasteiger partial charge >= 0.3 is 0 Å². The fourth-order valence-corrected chi connectivity index (χ4v) is 1.89. The number of aliphatic hydroxyl groups excluding tert-OH is 1. The minimum atomic E-state index is -0.401. The first-order valence-corrected chi connectivity index (χ1v) is 5.29. The molecule has 0 aromatic carbocycles. The highest BCUT2D eigenvalue weighted by molar-refractivity contribution is 5.95. The fourth-order valence-electron chi connectivity index (χ4n) is 1.89. The molecule has 3 rings (SSSR count). The molecule has 1 fully saturated rings. The zero-order valence-corrected chi connectivity index (χ0v) is 9.24. The lowest BCUT2D eigenvalue weighted by atomic mass is 10.1. The van der Waals surface area contributed by atoms with Crippen LogP contribution in [0.15, 0.2) is 12.5 Å². The third-order valence-corrected chi connectivity index (χ3v) is 2.93. The van der Waals surface area contributed by atoms with Gasteiger partial charge in [-0.2, -0.15) is 10.1 Å². The number of fused-ring (bicyclic) bond motifs is 1. The molecule has 0 unspecified atom stereocenters. The molecular formula is C10H11N5O2. The van der Waals surface area contributed by atoms with E-state index in [0.29, 0.717) is 30.1 Å². The largest absolute Gasteiger partial charge is 0.389 e. The smallest absolute Gasteiger partial charge is 0.257 e. The van der Waals surface area contributed by atoms with Crippen LogP contribution in [-0.2, 0) is 0 Å². The van der Waals surface area contributed by atoms with E-state index in [0.717, 1.165) is 0 Å². The molecule has 0 saturated carbocycles. The molecule has 3 heterocycles. The molecule has 0 atom stereocenters. The van der Waals surface area contributed by atoms with E-state index in [-0.39, 0.29) is 5.91 Å². The lowest BCUT2D eigenvalue weighted by Crippen LogP contribution is -2.53. The molecule has 1 aliphatic heterocycles. The maximum Gasteiger partial charge on any atom is 0.257 e. The van der Waals surface area contributed by atoms with Crippen LogP contribution < -0.4 is 0 Å². The van der Waals surface area contributed by atoms with E-state index in [1.807, 2.05) is 0 Å². The molecular weight excluding hydrogens is 222 g/mol. The van der Waals surface area contributed by atoms with E-state index in [4.69, 9.17) is 0 Å². The Morgan fingerprint density at radius 3 is 2.94 bits per heavy atom. The predicted octanol–water partition coefficient (Wildman–Crippen LogP) is -0.751. The molecule has 0 aliphatic carbocycles. The number of aromatic nitrogens is 4. The maximum atomic E-state index is 12.1. The van der Waals surface area contributed by atoms with Crippen LogP contribution in [0.4, 0.5) is 0 Å². The Balaban J connectivity index is 1.99. The highest BCUT2D eigenvalue weighted by Crippen LogP contribution is 2.15. The number of aliphatic hydroxyl groups is 1. The number of hydrogen-bond acceptors (Lipinski definition) is 5. The molecule has 0 spiro atoms. The molecule has 0 radical (unpaired) electrons. The first kappa shape index (κ1) is 10.2. The number of carbonyl (C=O) groups excluding carboxylic acids is 1. The Hall–Kier alpha value is -2.02. The molecule has 7 heteroatoms. The monoisotopic (exact) mass is 233 g/mol. The molecule has 17 heavy (non-hydrogen) atoms. The van der Waals surface area contributed by atoms with Crippen LogP contribution in [-0.4, -0.2) is 54.7 Å². The summed E-state index contributed by atoms with van der Waals surface area (Å²) in [4.78, 5) is 21.7. The molecule has 88 valence electrons. The highest BCUT2D eigenvalue weighted by Gasteiger charge is 2.30. The quantitative estimate of drug-likeness (QED) is 0.700. The molecule has 0 bridgehead atoms. The summed E-state index contributed by atoms with van der Waals surface area (Å²) in [6.45, 7) is 2.56. The molecule has 2 aromatic heterocycles. The van der Waals surface area contributed by atoms with Crippen molar-refractivity contribution >= 4 is 11.7 Å². The van der Waals surface area contributed by atoms with Crippen molar-refractivity contribution < 1.29 is 9.90 Å². The summed E-state index contributed by atoms with van der Waals surface area (Å²) in [6.07, 6.45) is 2.51. The van der Waals surface area contributed by atoms with Crippen LogP contribution in [0, 0.1) is 6.92 Å². The second-order valence-electron chi connectivity index (χ2n) is 4.09. The summed E-state index contributed by atoms with van der Waals surface area (Å²) in [5, 5.41) is 13.2. The highest BCUT2D eigenvalue weighted by atomic mass is 16.3. The van der Waals surface area contributed by atoms with Crippen molar-refractivity contribution in [2.75, 3.05) is 13.1 Å². The fraction of sp³-hybridized carbons (Fsp3) is 0.400. The lowest BCUT2D eigenvalue weighted by Gasteiger charge is -2.36. The van der Waals surface area contributed by atoms with Crippen LogP contribution in [0.25, 0.3) is 5.78 Å². The summed E-state index contributed by atoms with van der Waals surface area (Å²) >= 11 is 0. The maximum absolute atomic E-state index is 12.1. The Morgan fingerprint density at radius 2 is 2.24 bits per heavy atom. The van der Waals surface area contributed by atoms with E-state index >= 15 is 0 Å². The molecule has 1 N–H and O–H groups in total. The van der Waals surface area contributed by atoms with Gasteiger partial charge in [-0.15, -0.1) is 0 Å². The summed E-state index contributed by atoms with van der Waals surface area (Å²) in [7, 11) is 0. The Labute approximate surface area is 96.7 Å². The van der Waals surface area contributed by atoms with E-state index in [1.165, 1.54) is 17.0 Å². The van der Waals surface area contributed by atoms with Crippen molar-refractivity contribution in [3.05, 3.63) is 23.8 Å². The van der Waals surface area contributed by atoms with Gasteiger partial charge in [0, 0.05) is 19.3 Å². The van der Waals surface area contributed by atoms with Gasteiger partial charge < -0.3 is 10.0 Å². The van der Waals surface area contributed by atoms with Gasteiger partial charge in [0.2, 0.25) is 0 Å². The van der Waals surface area contributed by atoms with Crippen LogP contribution in [0.5, 0.6) is 0 Å². The van der Waals surface area contributed by atoms with Crippen molar-refractivity contribution in [2.24, 2.45) is 0 Å². The van der Waals surface area contributed by atoms with E-state index in [2.05, 4.69) is 15.1 Å². The zero-order chi connectivity index (χ0) is 12.0. The normalized spacial score (nSPS) is 16.2. The van der Waals surface area contributed by atoms with Crippen LogP contribution in [0.2, 0.25) is 0 Å². The van der Waals surface area contributed by atoms with Crippen molar-refractivity contribution in [1.82, 2.24) is 24.5 Å². The zero-order valence-electron chi connectivity index (χ0n) is 9.24. The van der Waals surface area contributed by atoms with Gasteiger partial charge in [-0.25, -0.2) is 9.50 Å². The molecule has 1 aliphatic rings. The minimum Gasteiger partial charge on any atom is -0.389 e. The summed E-state index contributed by atoms with van der Waals surface area (Å²) in [5.41, 5.74) is 1.20. The number of hydrogen-bond donors (Lipinski definition) is 1. The first-order valence-electron chi connectivity index (χ1n) is 5.29. The molecule has 7 nitrogen and oxygen atoms in total. The molecule has 1 amide bonds. The van der Waals surface area contributed by atoms with Gasteiger partial charge in [-0.05, 0) is 6.92 Å². The van der Waals surface area contributed by atoms with E-state index in [1.54, 1.807) is 11.8 Å². The second-order valence-corrected chi connectivity index (χ2v) is 4.09. The van der Waals surface area contributed by atoms with E-state index < -0.39 is 6.10 Å². The van der Waals surface area contributed by atoms with Gasteiger partial charge in [0.05, 0.1) is 17.4 Å². The Bertz CT molecular complexity index is 587. The topological polar surface area (TPSA) is 83.6 Å². The number of carbonyl (C=O) groups is 1. The third kappa shape index (κ3) is 1.47. The lowest BCUT2D eigenvalue weighted by molar-refractivity contribution is 0.00576. The van der Waals surface area contributed by atoms with Crippen LogP contribution in [0.3, 0.4) is 0 Å². The SMILES string of the molecule is Cc1c(C(=O)N2CC(O)C2)cnc2ncnn12. The van der Waals surface area contributed by atoms with Gasteiger partial charge in [-0.1, -0.05) is 0 Å². The van der Waals surface area contributed by atoms with Gasteiger partial charge in [-0.3, -0.25) is 4.79 Å². The summed E-state index contributed by atoms with van der Waals surface area (Å²) < 4.78 is 1.53. The average molecular weight is 233 g/mol. The van der Waals surface area contributed by atoms with Gasteiger partial charge in [0.15, 0.2) is 0 Å². The third-order valence-electron chi connectivity index (χ3n) is 2.93. The number of aryl methyl sites for hydroxylation is 1. The van der Waals surface area contributed by atoms with Crippen LogP contribution >= 0.6 is 0 Å². The van der Waals surface area contributed by atoms with Crippen molar-refractivity contribution in [2.45, 2.75) is 13.0 Å².